The lowest BCUT2D eigenvalue weighted by Crippen LogP contribution is -2.23. The molecule has 6 rings (SSSR count). The second kappa shape index (κ2) is 13.6. The molecule has 8 heteroatoms. The van der Waals surface area contributed by atoms with Crippen molar-refractivity contribution in [3.05, 3.63) is 59.7 Å². The van der Waals surface area contributed by atoms with Crippen molar-refractivity contribution < 1.29 is 38.3 Å². The molecule has 2 aromatic rings. The molecule has 7 atom stereocenters. The number of aliphatic hydroxyl groups excluding tert-OH is 1. The van der Waals surface area contributed by atoms with Crippen molar-refractivity contribution in [2.24, 2.45) is 11.8 Å². The highest BCUT2D eigenvalue weighted by Gasteiger charge is 2.44. The van der Waals surface area contributed by atoms with Crippen molar-refractivity contribution in [2.45, 2.75) is 101 Å². The fourth-order valence-corrected chi connectivity index (χ4v) is 6.52. The van der Waals surface area contributed by atoms with Gasteiger partial charge in [-0.3, -0.25) is 4.79 Å². The summed E-state index contributed by atoms with van der Waals surface area (Å²) in [7, 11) is 0. The van der Waals surface area contributed by atoms with E-state index < -0.39 is 6.29 Å². The van der Waals surface area contributed by atoms with Crippen molar-refractivity contribution >= 4 is 5.97 Å². The van der Waals surface area contributed by atoms with E-state index in [1.807, 2.05) is 24.3 Å². The average molecular weight is 595 g/mol. The molecule has 4 aliphatic rings. The summed E-state index contributed by atoms with van der Waals surface area (Å²) in [4.78, 5) is 12.2. The fraction of sp³-hybridized carbons (Fsp3) is 0.629. The molecule has 234 valence electrons. The molecule has 0 amide bonds. The number of rotatable bonds is 15. The number of carbonyl (C=O) groups is 1. The molecular formula is C35H46O8. The van der Waals surface area contributed by atoms with Gasteiger partial charge in [0.15, 0.2) is 6.29 Å². The van der Waals surface area contributed by atoms with Crippen LogP contribution in [-0.4, -0.2) is 68.2 Å². The van der Waals surface area contributed by atoms with Crippen molar-refractivity contribution in [3.8, 4) is 11.5 Å². The van der Waals surface area contributed by atoms with E-state index in [9.17, 15) is 9.90 Å². The van der Waals surface area contributed by atoms with Gasteiger partial charge in [0, 0.05) is 11.8 Å². The first-order valence-electron chi connectivity index (χ1n) is 16.1. The van der Waals surface area contributed by atoms with Crippen molar-refractivity contribution in [1.82, 2.24) is 0 Å². The molecule has 43 heavy (non-hydrogen) atoms. The Balaban J connectivity index is 0.880. The van der Waals surface area contributed by atoms with Gasteiger partial charge in [-0.15, -0.1) is 0 Å². The summed E-state index contributed by atoms with van der Waals surface area (Å²) in [5.74, 6) is 2.19. The van der Waals surface area contributed by atoms with Crippen LogP contribution in [0.2, 0.25) is 0 Å². The van der Waals surface area contributed by atoms with E-state index in [0.717, 1.165) is 61.2 Å². The lowest BCUT2D eigenvalue weighted by molar-refractivity contribution is -0.145. The first-order chi connectivity index (χ1) is 20.8. The molecule has 0 radical (unpaired) electrons. The van der Waals surface area contributed by atoms with Crippen LogP contribution in [0.4, 0.5) is 0 Å². The maximum absolute atomic E-state index is 12.2. The molecule has 8 nitrogen and oxygen atoms in total. The smallest absolute Gasteiger partial charge is 0.309 e. The predicted octanol–water partition coefficient (Wildman–Crippen LogP) is 5.56. The number of benzene rings is 2. The summed E-state index contributed by atoms with van der Waals surface area (Å²) in [5.41, 5.74) is 2.10. The SMILES string of the molecule is CC(C)(c1ccc(OCCC(=O)OCC2CCC3OC3C2)cc1)c1ccc(OCCC(O)OCC2CCC3OC3C2)cc1. The number of fused-ring (bicyclic) bond motifs is 2. The molecule has 4 fully saturated rings. The van der Waals surface area contributed by atoms with Gasteiger partial charge in [-0.1, -0.05) is 38.1 Å². The highest BCUT2D eigenvalue weighted by molar-refractivity contribution is 5.69. The molecule has 0 bridgehead atoms. The number of esters is 1. The van der Waals surface area contributed by atoms with Gasteiger partial charge in [-0.2, -0.15) is 0 Å². The number of aliphatic hydroxyl groups is 1. The molecule has 0 spiro atoms. The zero-order valence-electron chi connectivity index (χ0n) is 25.5. The average Bonchev–Trinajstić information content (AvgIpc) is 3.94. The second-order valence-corrected chi connectivity index (χ2v) is 13.2. The van der Waals surface area contributed by atoms with Crippen LogP contribution in [0.5, 0.6) is 11.5 Å². The Kier molecular flexibility index (Phi) is 9.57. The van der Waals surface area contributed by atoms with E-state index in [1.165, 1.54) is 0 Å². The fourth-order valence-electron chi connectivity index (χ4n) is 6.52. The summed E-state index contributed by atoms with van der Waals surface area (Å²) in [6.07, 6.45) is 8.06. The number of epoxide rings is 2. The van der Waals surface area contributed by atoms with E-state index in [-0.39, 0.29) is 17.8 Å². The quantitative estimate of drug-likeness (QED) is 0.163. The molecule has 1 N–H and O–H groups in total. The maximum atomic E-state index is 12.2. The van der Waals surface area contributed by atoms with Crippen LogP contribution in [0.3, 0.4) is 0 Å². The zero-order chi connectivity index (χ0) is 29.8. The summed E-state index contributed by atoms with van der Waals surface area (Å²) < 4.78 is 33.9. The minimum Gasteiger partial charge on any atom is -0.493 e. The normalized spacial score (nSPS) is 28.3. The van der Waals surface area contributed by atoms with Crippen LogP contribution >= 0.6 is 0 Å². The Morgan fingerprint density at radius 2 is 1.33 bits per heavy atom. The monoisotopic (exact) mass is 594 g/mol. The Labute approximate surface area is 254 Å². The van der Waals surface area contributed by atoms with Gasteiger partial charge < -0.3 is 33.5 Å². The van der Waals surface area contributed by atoms with Gasteiger partial charge in [0.05, 0.1) is 57.3 Å². The second-order valence-electron chi connectivity index (χ2n) is 13.2. The third kappa shape index (κ3) is 8.29. The van der Waals surface area contributed by atoms with Crippen LogP contribution in [0.1, 0.15) is 76.3 Å². The zero-order valence-corrected chi connectivity index (χ0v) is 25.5. The highest BCUT2D eigenvalue weighted by Crippen LogP contribution is 2.40. The number of hydrogen-bond acceptors (Lipinski definition) is 8. The van der Waals surface area contributed by atoms with Gasteiger partial charge in [0.1, 0.15) is 11.5 Å². The van der Waals surface area contributed by atoms with Gasteiger partial charge in [0.25, 0.3) is 0 Å². The lowest BCUT2D eigenvalue weighted by atomic mass is 9.78. The summed E-state index contributed by atoms with van der Waals surface area (Å²) in [6.45, 7) is 6.12. The summed E-state index contributed by atoms with van der Waals surface area (Å²) >= 11 is 0. The van der Waals surface area contributed by atoms with E-state index >= 15 is 0 Å². The Morgan fingerprint density at radius 1 is 0.791 bits per heavy atom. The maximum Gasteiger partial charge on any atom is 0.309 e. The standard InChI is InChI=1S/C35H46O8/c1-35(2,25-5-9-27(10-6-25)38-17-15-33(36)40-21-23-3-13-29-31(19-23)42-29)26-7-11-28(12-8-26)39-18-16-34(37)41-22-24-4-14-30-32(20-24)43-30/h5-12,23-24,29-33,36H,3-4,13-22H2,1-2H3. The summed E-state index contributed by atoms with van der Waals surface area (Å²) in [6, 6.07) is 16.1. The van der Waals surface area contributed by atoms with Crippen LogP contribution in [0.15, 0.2) is 48.5 Å². The lowest BCUT2D eigenvalue weighted by Gasteiger charge is -2.26. The third-order valence-electron chi connectivity index (χ3n) is 9.59. The molecule has 0 aromatic heterocycles. The molecule has 2 aliphatic carbocycles. The minimum absolute atomic E-state index is 0.213. The van der Waals surface area contributed by atoms with Crippen molar-refractivity contribution in [2.75, 3.05) is 26.4 Å². The van der Waals surface area contributed by atoms with Gasteiger partial charge in [-0.05, 0) is 85.8 Å². The molecule has 2 saturated carbocycles. The third-order valence-corrected chi connectivity index (χ3v) is 9.59. The highest BCUT2D eigenvalue weighted by atomic mass is 16.6. The minimum atomic E-state index is -0.815. The van der Waals surface area contributed by atoms with E-state index in [2.05, 4.69) is 38.1 Å². The van der Waals surface area contributed by atoms with Crippen LogP contribution < -0.4 is 9.47 Å². The molecule has 2 heterocycles. The van der Waals surface area contributed by atoms with Crippen LogP contribution in [-0.2, 0) is 29.2 Å². The van der Waals surface area contributed by atoms with E-state index in [4.69, 9.17) is 28.4 Å². The van der Waals surface area contributed by atoms with Crippen LogP contribution in [0, 0.1) is 11.8 Å². The topological polar surface area (TPSA) is 99.3 Å². The summed E-state index contributed by atoms with van der Waals surface area (Å²) in [5, 5.41) is 10.2. The first kappa shape index (κ1) is 30.4. The number of ether oxygens (including phenoxy) is 6. The van der Waals surface area contributed by atoms with Crippen molar-refractivity contribution in [1.29, 1.82) is 0 Å². The predicted molar refractivity (Wildman–Crippen MR) is 160 cm³/mol. The van der Waals surface area contributed by atoms with Gasteiger partial charge in [0.2, 0.25) is 0 Å². The first-order valence-corrected chi connectivity index (χ1v) is 16.1. The number of carbonyl (C=O) groups excluding carboxylic acids is 1. The Hall–Kier alpha value is -2.65. The van der Waals surface area contributed by atoms with Crippen molar-refractivity contribution in [3.63, 3.8) is 0 Å². The van der Waals surface area contributed by atoms with Crippen LogP contribution in [0.25, 0.3) is 0 Å². The molecule has 2 aromatic carbocycles. The van der Waals surface area contributed by atoms with E-state index in [0.29, 0.717) is 69.1 Å². The van der Waals surface area contributed by atoms with Gasteiger partial charge >= 0.3 is 5.97 Å². The largest absolute Gasteiger partial charge is 0.493 e. The molecule has 2 aliphatic heterocycles. The van der Waals surface area contributed by atoms with E-state index in [1.54, 1.807) is 0 Å². The van der Waals surface area contributed by atoms with Gasteiger partial charge in [-0.25, -0.2) is 0 Å². The molecule has 7 unspecified atom stereocenters. The number of hydrogen-bond donors (Lipinski definition) is 1. The Morgan fingerprint density at radius 3 is 1.88 bits per heavy atom. The molecule has 2 saturated heterocycles. The Bertz CT molecular complexity index is 1200. The molecular weight excluding hydrogens is 548 g/mol.